The number of hydrogen-bond donors (Lipinski definition) is 0. The molecule has 3 fully saturated rings. The quantitative estimate of drug-likeness (QED) is 0.532. The van der Waals surface area contributed by atoms with Crippen molar-refractivity contribution >= 4 is 11.7 Å². The number of amides is 1. The summed E-state index contributed by atoms with van der Waals surface area (Å²) in [6.07, 6.45) is 7.80. The maximum Gasteiger partial charge on any atom is 0.318 e. The molecule has 4 atom stereocenters. The molecular weight excluding hydrogens is 509 g/mol. The lowest BCUT2D eigenvalue weighted by atomic mass is 9.67. The number of rotatable bonds is 5. The minimum Gasteiger partial charge on any atom is -0.462 e. The number of piperazine rings is 1. The van der Waals surface area contributed by atoms with Crippen LogP contribution in [-0.4, -0.2) is 83.7 Å². The van der Waals surface area contributed by atoms with Crippen LogP contribution in [0.4, 0.5) is 10.2 Å². The molecule has 2 aromatic rings. The molecule has 0 saturated carbocycles. The summed E-state index contributed by atoms with van der Waals surface area (Å²) in [5.41, 5.74) is 3.33. The van der Waals surface area contributed by atoms with E-state index in [1.807, 2.05) is 11.0 Å². The Hall–Kier alpha value is -3.04. The lowest BCUT2D eigenvalue weighted by Crippen LogP contribution is -2.56. The Kier molecular flexibility index (Phi) is 6.54. The van der Waals surface area contributed by atoms with Crippen LogP contribution in [0.1, 0.15) is 54.5 Å². The number of carbonyl (C=O) groups excluding carboxylic acids is 1. The highest BCUT2D eigenvalue weighted by Gasteiger charge is 2.46. The van der Waals surface area contributed by atoms with E-state index in [1.54, 1.807) is 12.1 Å². The predicted octanol–water partition coefficient (Wildman–Crippen LogP) is 3.41. The van der Waals surface area contributed by atoms with E-state index in [0.29, 0.717) is 38.3 Å². The molecule has 1 aliphatic carbocycles. The number of likely N-dealkylation sites (N-methyl/N-ethyl adjacent to an activating group) is 1. The molecular formula is C31H38FN5O3. The summed E-state index contributed by atoms with van der Waals surface area (Å²) in [6, 6.07) is 6.36. The zero-order valence-corrected chi connectivity index (χ0v) is 23.3. The second-order valence-corrected chi connectivity index (χ2v) is 12.3. The van der Waals surface area contributed by atoms with Crippen molar-refractivity contribution < 1.29 is 18.7 Å². The van der Waals surface area contributed by atoms with Gasteiger partial charge in [0.2, 0.25) is 5.91 Å². The molecule has 8 nitrogen and oxygen atoms in total. The fraction of sp³-hybridized carbons (Fsp3) is 0.581. The average Bonchev–Trinajstić information content (AvgIpc) is 3.49. The molecule has 7 rings (SSSR count). The molecule has 0 radical (unpaired) electrons. The lowest BCUT2D eigenvalue weighted by molar-refractivity contribution is -0.129. The third kappa shape index (κ3) is 4.29. The highest BCUT2D eigenvalue weighted by molar-refractivity contribution is 5.88. The van der Waals surface area contributed by atoms with Crippen LogP contribution in [0.2, 0.25) is 0 Å². The fourth-order valence-corrected chi connectivity index (χ4v) is 7.95. The Bertz CT molecular complexity index is 1320. The molecule has 212 valence electrons. The summed E-state index contributed by atoms with van der Waals surface area (Å²) in [7, 11) is 2.14. The van der Waals surface area contributed by atoms with Crippen molar-refractivity contribution in [3.8, 4) is 6.01 Å². The summed E-state index contributed by atoms with van der Waals surface area (Å²) < 4.78 is 27.7. The van der Waals surface area contributed by atoms with Gasteiger partial charge in [-0.15, -0.1) is 0 Å². The van der Waals surface area contributed by atoms with Gasteiger partial charge >= 0.3 is 6.01 Å². The minimum absolute atomic E-state index is 0.0153. The smallest absolute Gasteiger partial charge is 0.318 e. The van der Waals surface area contributed by atoms with Crippen molar-refractivity contribution in [3.63, 3.8) is 0 Å². The number of fused-ring (bicyclic) bond motifs is 5. The van der Waals surface area contributed by atoms with Gasteiger partial charge in [0.15, 0.2) is 0 Å². The van der Waals surface area contributed by atoms with Crippen LogP contribution in [0.3, 0.4) is 0 Å². The van der Waals surface area contributed by atoms with Crippen LogP contribution in [0.5, 0.6) is 6.01 Å². The van der Waals surface area contributed by atoms with Crippen molar-refractivity contribution in [1.29, 1.82) is 0 Å². The van der Waals surface area contributed by atoms with Crippen LogP contribution < -0.4 is 9.64 Å². The first-order valence-electron chi connectivity index (χ1n) is 14.7. The number of ether oxygens (including phenoxy) is 2. The van der Waals surface area contributed by atoms with E-state index in [-0.39, 0.29) is 23.8 Å². The zero-order valence-electron chi connectivity index (χ0n) is 23.3. The van der Waals surface area contributed by atoms with Crippen molar-refractivity contribution in [2.45, 2.75) is 75.1 Å². The first kappa shape index (κ1) is 25.9. The zero-order chi connectivity index (χ0) is 27.4. The Morgan fingerprint density at radius 3 is 2.83 bits per heavy atom. The van der Waals surface area contributed by atoms with Gasteiger partial charge in [-0.25, -0.2) is 4.39 Å². The normalized spacial score (nSPS) is 29.4. The van der Waals surface area contributed by atoms with Gasteiger partial charge < -0.3 is 24.2 Å². The van der Waals surface area contributed by atoms with Gasteiger partial charge in [-0.3, -0.25) is 4.79 Å². The highest BCUT2D eigenvalue weighted by atomic mass is 19.1. The number of aromatic nitrogens is 2. The van der Waals surface area contributed by atoms with Crippen molar-refractivity contribution in [3.05, 3.63) is 59.1 Å². The summed E-state index contributed by atoms with van der Waals surface area (Å²) in [4.78, 5) is 29.3. The maximum absolute atomic E-state index is 15.3. The Labute approximate surface area is 235 Å². The molecule has 1 aromatic heterocycles. The predicted molar refractivity (Wildman–Crippen MR) is 149 cm³/mol. The SMILES string of the molecule is C=CC(=O)N1C2CCC1CN(c1nc(OCC3CCCN3C)nc3c1CCC1(COCc4cccc(F)c41)C3)C2. The molecule has 1 spiro atoms. The standard InChI is InChI=1S/C31H38FN5O3/c1-3-27(38)37-21-9-10-22(37)16-36(15-21)29-24-11-12-31(19-39-17-20-6-4-8-25(32)28(20)31)14-26(24)33-30(34-29)40-18-23-7-5-13-35(23)2/h3-4,6,8,21-23H,1,5,7,9-19H2,2H3. The average molecular weight is 548 g/mol. The summed E-state index contributed by atoms with van der Waals surface area (Å²) in [5.74, 6) is 0.781. The van der Waals surface area contributed by atoms with Gasteiger partial charge in [0.1, 0.15) is 18.2 Å². The summed E-state index contributed by atoms with van der Waals surface area (Å²) in [5, 5.41) is 0. The molecule has 9 heteroatoms. The summed E-state index contributed by atoms with van der Waals surface area (Å²) in [6.45, 7) is 7.73. The number of hydrogen-bond acceptors (Lipinski definition) is 7. The van der Waals surface area contributed by atoms with Crippen LogP contribution >= 0.6 is 0 Å². The van der Waals surface area contributed by atoms with Crippen molar-refractivity contribution in [2.75, 3.05) is 44.8 Å². The van der Waals surface area contributed by atoms with Gasteiger partial charge in [-0.1, -0.05) is 18.7 Å². The minimum atomic E-state index is -0.450. The summed E-state index contributed by atoms with van der Waals surface area (Å²) >= 11 is 0. The van der Waals surface area contributed by atoms with E-state index in [0.717, 1.165) is 79.9 Å². The van der Waals surface area contributed by atoms with E-state index >= 15 is 4.39 Å². The number of anilines is 1. The van der Waals surface area contributed by atoms with Crippen molar-refractivity contribution in [2.24, 2.45) is 0 Å². The monoisotopic (exact) mass is 547 g/mol. The number of carbonyl (C=O) groups is 1. The van der Waals surface area contributed by atoms with Crippen LogP contribution in [-0.2, 0) is 34.4 Å². The van der Waals surface area contributed by atoms with Crippen molar-refractivity contribution in [1.82, 2.24) is 19.8 Å². The van der Waals surface area contributed by atoms with E-state index < -0.39 is 5.41 Å². The largest absolute Gasteiger partial charge is 0.462 e. The number of nitrogens with zero attached hydrogens (tertiary/aromatic N) is 5. The van der Waals surface area contributed by atoms with Gasteiger partial charge in [0.05, 0.1) is 18.9 Å². The Morgan fingerprint density at radius 1 is 1.25 bits per heavy atom. The van der Waals surface area contributed by atoms with Crippen LogP contribution in [0.15, 0.2) is 30.9 Å². The second kappa shape index (κ2) is 10.1. The first-order valence-corrected chi connectivity index (χ1v) is 14.7. The number of benzene rings is 1. The number of halogens is 1. The van der Waals surface area contributed by atoms with Gasteiger partial charge in [-0.05, 0) is 69.8 Å². The second-order valence-electron chi connectivity index (χ2n) is 12.3. The van der Waals surface area contributed by atoms with Crippen LogP contribution in [0.25, 0.3) is 0 Å². The van der Waals surface area contributed by atoms with E-state index in [1.165, 1.54) is 12.5 Å². The van der Waals surface area contributed by atoms with Gasteiger partial charge in [-0.2, -0.15) is 9.97 Å². The van der Waals surface area contributed by atoms with E-state index in [4.69, 9.17) is 19.4 Å². The van der Waals surface area contributed by atoms with E-state index in [2.05, 4.69) is 23.4 Å². The number of likely N-dealkylation sites (tertiary alicyclic amines) is 1. The molecule has 3 saturated heterocycles. The third-order valence-electron chi connectivity index (χ3n) is 9.96. The molecule has 40 heavy (non-hydrogen) atoms. The first-order chi connectivity index (χ1) is 19.5. The Balaban J connectivity index is 1.24. The third-order valence-corrected chi connectivity index (χ3v) is 9.96. The maximum atomic E-state index is 15.3. The molecule has 1 amide bonds. The Morgan fingerprint density at radius 2 is 2.08 bits per heavy atom. The molecule has 0 N–H and O–H groups in total. The molecule has 5 heterocycles. The van der Waals surface area contributed by atoms with Gasteiger partial charge in [0.25, 0.3) is 0 Å². The highest BCUT2D eigenvalue weighted by Crippen LogP contribution is 2.46. The van der Waals surface area contributed by atoms with Crippen LogP contribution in [0, 0.1) is 5.82 Å². The molecule has 1 aromatic carbocycles. The fourth-order valence-electron chi connectivity index (χ4n) is 7.95. The molecule has 5 aliphatic rings. The lowest BCUT2D eigenvalue weighted by Gasteiger charge is -2.44. The topological polar surface area (TPSA) is 71.0 Å². The van der Waals surface area contributed by atoms with Gasteiger partial charge in [0, 0.05) is 54.2 Å². The molecule has 4 aliphatic heterocycles. The van der Waals surface area contributed by atoms with E-state index in [9.17, 15) is 4.79 Å². The molecule has 2 bridgehead atoms. The molecule has 4 unspecified atom stereocenters.